The zero-order valence-corrected chi connectivity index (χ0v) is 11.3. The number of ether oxygens (including phenoxy) is 1. The lowest BCUT2D eigenvalue weighted by Gasteiger charge is -2.35. The van der Waals surface area contributed by atoms with Crippen LogP contribution in [0.2, 0.25) is 0 Å². The highest BCUT2D eigenvalue weighted by molar-refractivity contribution is 5.39. The quantitative estimate of drug-likeness (QED) is 0.869. The van der Waals surface area contributed by atoms with Crippen LogP contribution in [-0.2, 0) is 0 Å². The van der Waals surface area contributed by atoms with Crippen LogP contribution >= 0.6 is 0 Å². The molecule has 2 aliphatic rings. The maximum Gasteiger partial charge on any atom is 0.122 e. The summed E-state index contributed by atoms with van der Waals surface area (Å²) < 4.78 is 5.74. The number of nitrogens with zero attached hydrogens (tertiary/aromatic N) is 2. The second kappa shape index (κ2) is 5.90. The van der Waals surface area contributed by atoms with Gasteiger partial charge in [-0.05, 0) is 6.07 Å². The second-order valence-electron chi connectivity index (χ2n) is 5.41. The van der Waals surface area contributed by atoms with Crippen molar-refractivity contribution in [3.63, 3.8) is 0 Å². The largest absolute Gasteiger partial charge is 0.493 e. The van der Waals surface area contributed by atoms with E-state index in [0.29, 0.717) is 5.92 Å². The number of aliphatic hydroxyl groups is 1. The minimum absolute atomic E-state index is 0.268. The second-order valence-corrected chi connectivity index (χ2v) is 5.41. The average Bonchev–Trinajstić information content (AvgIpc) is 2.85. The Morgan fingerprint density at radius 1 is 1.11 bits per heavy atom. The molecule has 4 heteroatoms. The van der Waals surface area contributed by atoms with Crippen LogP contribution in [0.15, 0.2) is 24.3 Å². The van der Waals surface area contributed by atoms with Gasteiger partial charge in [0.05, 0.1) is 13.2 Å². The molecule has 0 bridgehead atoms. The summed E-state index contributed by atoms with van der Waals surface area (Å²) >= 11 is 0. The molecule has 1 atom stereocenters. The molecule has 0 spiro atoms. The van der Waals surface area contributed by atoms with Crippen molar-refractivity contribution in [2.75, 3.05) is 52.5 Å². The molecule has 19 heavy (non-hydrogen) atoms. The molecule has 1 aromatic rings. The van der Waals surface area contributed by atoms with Crippen molar-refractivity contribution in [2.45, 2.75) is 5.92 Å². The van der Waals surface area contributed by atoms with E-state index in [0.717, 1.165) is 51.6 Å². The van der Waals surface area contributed by atoms with Crippen LogP contribution in [0.5, 0.6) is 5.75 Å². The Bertz CT molecular complexity index is 416. The maximum absolute atomic E-state index is 8.95. The summed E-state index contributed by atoms with van der Waals surface area (Å²) in [6.45, 7) is 7.30. The molecule has 0 radical (unpaired) electrons. The summed E-state index contributed by atoms with van der Waals surface area (Å²) in [6.07, 6.45) is 0. The summed E-state index contributed by atoms with van der Waals surface area (Å²) in [4.78, 5) is 4.85. The first-order valence-corrected chi connectivity index (χ1v) is 7.14. The molecule has 1 unspecified atom stereocenters. The summed E-state index contributed by atoms with van der Waals surface area (Å²) in [7, 11) is 0. The van der Waals surface area contributed by atoms with Gasteiger partial charge in [0, 0.05) is 50.7 Å². The number of benzene rings is 1. The van der Waals surface area contributed by atoms with E-state index < -0.39 is 0 Å². The van der Waals surface area contributed by atoms with E-state index in [1.165, 1.54) is 5.56 Å². The molecule has 1 saturated heterocycles. The lowest BCUT2D eigenvalue weighted by Crippen LogP contribution is -2.48. The fourth-order valence-electron chi connectivity index (χ4n) is 3.03. The molecule has 3 rings (SSSR count). The van der Waals surface area contributed by atoms with Gasteiger partial charge in [0.2, 0.25) is 0 Å². The SMILES string of the molecule is OCCN1CCN(CC2COc3ccccc32)CC1. The summed E-state index contributed by atoms with van der Waals surface area (Å²) in [5.74, 6) is 1.58. The number of piperazine rings is 1. The monoisotopic (exact) mass is 262 g/mol. The van der Waals surface area contributed by atoms with Crippen LogP contribution in [-0.4, -0.2) is 67.4 Å². The molecule has 1 aromatic carbocycles. The number of rotatable bonds is 4. The lowest BCUT2D eigenvalue weighted by molar-refractivity contribution is 0.106. The zero-order chi connectivity index (χ0) is 13.1. The molecule has 0 aliphatic carbocycles. The van der Waals surface area contributed by atoms with Crippen molar-refractivity contribution >= 4 is 0 Å². The van der Waals surface area contributed by atoms with Gasteiger partial charge in [-0.2, -0.15) is 0 Å². The summed E-state index contributed by atoms with van der Waals surface area (Å²) in [5, 5.41) is 8.95. The summed E-state index contributed by atoms with van der Waals surface area (Å²) in [5.41, 5.74) is 1.36. The molecular weight excluding hydrogens is 240 g/mol. The third kappa shape index (κ3) is 2.91. The Labute approximate surface area is 114 Å². The fraction of sp³-hybridized carbons (Fsp3) is 0.600. The molecule has 2 aliphatic heterocycles. The minimum atomic E-state index is 0.268. The number of hydrogen-bond donors (Lipinski definition) is 1. The number of β-amino-alcohol motifs (C(OH)–C–C–N with tert-alkyl or cyclic N) is 1. The van der Waals surface area contributed by atoms with E-state index >= 15 is 0 Å². The van der Waals surface area contributed by atoms with E-state index in [9.17, 15) is 0 Å². The van der Waals surface area contributed by atoms with Crippen molar-refractivity contribution in [1.29, 1.82) is 0 Å². The number of fused-ring (bicyclic) bond motifs is 1. The van der Waals surface area contributed by atoms with Gasteiger partial charge in [-0.25, -0.2) is 0 Å². The highest BCUT2D eigenvalue weighted by Gasteiger charge is 2.27. The Kier molecular flexibility index (Phi) is 4.01. The van der Waals surface area contributed by atoms with Gasteiger partial charge in [-0.15, -0.1) is 0 Å². The van der Waals surface area contributed by atoms with Crippen molar-refractivity contribution < 1.29 is 9.84 Å². The third-order valence-corrected chi connectivity index (χ3v) is 4.16. The van der Waals surface area contributed by atoms with E-state index in [-0.39, 0.29) is 6.61 Å². The Morgan fingerprint density at radius 2 is 1.84 bits per heavy atom. The van der Waals surface area contributed by atoms with Gasteiger partial charge < -0.3 is 14.7 Å². The Balaban J connectivity index is 1.54. The highest BCUT2D eigenvalue weighted by atomic mass is 16.5. The van der Waals surface area contributed by atoms with Gasteiger partial charge >= 0.3 is 0 Å². The molecular formula is C15H22N2O2. The number of para-hydroxylation sites is 1. The number of aliphatic hydroxyl groups excluding tert-OH is 1. The molecule has 1 N–H and O–H groups in total. The van der Waals surface area contributed by atoms with E-state index in [4.69, 9.17) is 9.84 Å². The van der Waals surface area contributed by atoms with Crippen LogP contribution in [0.4, 0.5) is 0 Å². The third-order valence-electron chi connectivity index (χ3n) is 4.16. The van der Waals surface area contributed by atoms with Crippen LogP contribution in [0.3, 0.4) is 0 Å². The molecule has 104 valence electrons. The highest BCUT2D eigenvalue weighted by Crippen LogP contribution is 2.33. The number of hydrogen-bond acceptors (Lipinski definition) is 4. The molecule has 1 fully saturated rings. The van der Waals surface area contributed by atoms with Crippen molar-refractivity contribution in [2.24, 2.45) is 0 Å². The first kappa shape index (κ1) is 12.9. The Hall–Kier alpha value is -1.10. The molecule has 2 heterocycles. The van der Waals surface area contributed by atoms with Crippen molar-refractivity contribution in [1.82, 2.24) is 9.80 Å². The van der Waals surface area contributed by atoms with Crippen LogP contribution in [0.1, 0.15) is 11.5 Å². The van der Waals surface area contributed by atoms with Gasteiger partial charge in [0.15, 0.2) is 0 Å². The predicted octanol–water partition coefficient (Wildman–Crippen LogP) is 0.772. The van der Waals surface area contributed by atoms with Crippen molar-refractivity contribution in [3.8, 4) is 5.75 Å². The van der Waals surface area contributed by atoms with Crippen LogP contribution in [0, 0.1) is 0 Å². The van der Waals surface area contributed by atoms with Crippen LogP contribution < -0.4 is 4.74 Å². The minimum Gasteiger partial charge on any atom is -0.493 e. The first-order valence-electron chi connectivity index (χ1n) is 7.14. The molecule has 0 saturated carbocycles. The standard InChI is InChI=1S/C15H22N2O2/c18-10-9-16-5-7-17(8-6-16)11-13-12-19-15-4-2-1-3-14(13)15/h1-4,13,18H,5-12H2. The lowest BCUT2D eigenvalue weighted by atomic mass is 10.0. The van der Waals surface area contributed by atoms with Gasteiger partial charge in [0.25, 0.3) is 0 Å². The fourth-order valence-corrected chi connectivity index (χ4v) is 3.03. The Morgan fingerprint density at radius 3 is 2.63 bits per heavy atom. The molecule has 0 amide bonds. The maximum atomic E-state index is 8.95. The van der Waals surface area contributed by atoms with Gasteiger partial charge in [0.1, 0.15) is 5.75 Å². The van der Waals surface area contributed by atoms with Crippen molar-refractivity contribution in [3.05, 3.63) is 29.8 Å². The molecule has 0 aromatic heterocycles. The van der Waals surface area contributed by atoms with Gasteiger partial charge in [-0.3, -0.25) is 4.90 Å². The smallest absolute Gasteiger partial charge is 0.122 e. The predicted molar refractivity (Wildman–Crippen MR) is 74.6 cm³/mol. The first-order chi connectivity index (χ1) is 9.36. The zero-order valence-electron chi connectivity index (χ0n) is 11.3. The van der Waals surface area contributed by atoms with Gasteiger partial charge in [-0.1, -0.05) is 18.2 Å². The van der Waals surface area contributed by atoms with E-state index in [1.54, 1.807) is 0 Å². The average molecular weight is 262 g/mol. The summed E-state index contributed by atoms with van der Waals surface area (Å²) in [6, 6.07) is 8.39. The van der Waals surface area contributed by atoms with E-state index in [1.807, 2.05) is 6.07 Å². The topological polar surface area (TPSA) is 35.9 Å². The normalized spacial score (nSPS) is 24.2. The van der Waals surface area contributed by atoms with Crippen LogP contribution in [0.25, 0.3) is 0 Å². The van der Waals surface area contributed by atoms with E-state index in [2.05, 4.69) is 28.0 Å². The molecule has 4 nitrogen and oxygen atoms in total.